The highest BCUT2D eigenvalue weighted by Crippen LogP contribution is 2.35. The summed E-state index contributed by atoms with van der Waals surface area (Å²) in [7, 11) is 0. The molecule has 1 atom stereocenters. The number of urea groups is 1. The smallest absolute Gasteiger partial charge is 0.317 e. The molecule has 0 unspecified atom stereocenters. The summed E-state index contributed by atoms with van der Waals surface area (Å²) in [5, 5.41) is 3.90. The third-order valence-corrected chi connectivity index (χ3v) is 5.25. The number of nitrogens with one attached hydrogen (secondary N) is 1. The van der Waals surface area contributed by atoms with Crippen LogP contribution in [0.3, 0.4) is 0 Å². The molecule has 5 nitrogen and oxygen atoms in total. The Kier molecular flexibility index (Phi) is 4.05. The van der Waals surface area contributed by atoms with Crippen molar-refractivity contribution in [1.29, 1.82) is 0 Å². The van der Waals surface area contributed by atoms with Crippen molar-refractivity contribution in [3.05, 3.63) is 23.4 Å². The molecule has 2 aliphatic carbocycles. The number of pyridine rings is 1. The fourth-order valence-corrected chi connectivity index (χ4v) is 3.54. The standard InChI is InChI=1S/C17H23ClN4O/c18-15-2-1-8-19-16(15)21-9-7-13(11-21)20-17(23)22(14-5-6-14)10-12-3-4-12/h1-2,8,12-14H,3-7,9-11H2,(H,20,23)/t13-/m1/s1. The molecule has 1 saturated heterocycles. The van der Waals surface area contributed by atoms with Gasteiger partial charge < -0.3 is 15.1 Å². The lowest BCUT2D eigenvalue weighted by Gasteiger charge is -2.25. The monoisotopic (exact) mass is 334 g/mol. The van der Waals surface area contributed by atoms with Gasteiger partial charge in [-0.15, -0.1) is 0 Å². The molecule has 2 heterocycles. The van der Waals surface area contributed by atoms with E-state index in [0.717, 1.165) is 37.8 Å². The molecule has 2 saturated carbocycles. The molecule has 0 bridgehead atoms. The van der Waals surface area contributed by atoms with Gasteiger partial charge in [0.1, 0.15) is 5.82 Å². The molecule has 1 N–H and O–H groups in total. The van der Waals surface area contributed by atoms with Crippen molar-refractivity contribution in [3.8, 4) is 0 Å². The summed E-state index contributed by atoms with van der Waals surface area (Å²) in [6.07, 6.45) is 7.61. The first-order valence-electron chi connectivity index (χ1n) is 8.63. The Morgan fingerprint density at radius 3 is 2.87 bits per heavy atom. The number of aromatic nitrogens is 1. The second kappa shape index (κ2) is 6.19. The summed E-state index contributed by atoms with van der Waals surface area (Å²) in [5.74, 6) is 1.57. The molecule has 6 heteroatoms. The van der Waals surface area contributed by atoms with Crippen LogP contribution in [0.25, 0.3) is 0 Å². The van der Waals surface area contributed by atoms with E-state index in [-0.39, 0.29) is 12.1 Å². The first kappa shape index (κ1) is 15.1. The molecule has 0 radical (unpaired) electrons. The Labute approximate surface area is 142 Å². The Bertz CT molecular complexity index is 588. The minimum Gasteiger partial charge on any atom is -0.353 e. The van der Waals surface area contributed by atoms with Crippen LogP contribution in [-0.2, 0) is 0 Å². The van der Waals surface area contributed by atoms with Crippen molar-refractivity contribution < 1.29 is 4.79 Å². The summed E-state index contributed by atoms with van der Waals surface area (Å²) < 4.78 is 0. The molecule has 3 fully saturated rings. The molecule has 2 amide bonds. The lowest BCUT2D eigenvalue weighted by molar-refractivity contribution is 0.189. The molecule has 3 aliphatic rings. The van der Waals surface area contributed by atoms with Gasteiger partial charge in [-0.3, -0.25) is 0 Å². The Hall–Kier alpha value is -1.49. The van der Waals surface area contributed by atoms with Crippen molar-refractivity contribution in [1.82, 2.24) is 15.2 Å². The van der Waals surface area contributed by atoms with E-state index in [4.69, 9.17) is 11.6 Å². The topological polar surface area (TPSA) is 48.5 Å². The van der Waals surface area contributed by atoms with E-state index in [9.17, 15) is 4.79 Å². The largest absolute Gasteiger partial charge is 0.353 e. The SMILES string of the molecule is O=C(N[C@@H]1CCN(c2ncccc2Cl)C1)N(CC1CC1)C1CC1. The Morgan fingerprint density at radius 1 is 1.35 bits per heavy atom. The van der Waals surface area contributed by atoms with E-state index < -0.39 is 0 Å². The van der Waals surface area contributed by atoms with Gasteiger partial charge in [0.15, 0.2) is 0 Å². The highest BCUT2D eigenvalue weighted by Gasteiger charge is 2.37. The highest BCUT2D eigenvalue weighted by atomic mass is 35.5. The maximum Gasteiger partial charge on any atom is 0.317 e. The van der Waals surface area contributed by atoms with E-state index in [2.05, 4.69) is 20.1 Å². The second-order valence-electron chi connectivity index (χ2n) is 7.02. The third kappa shape index (κ3) is 3.55. The Balaban J connectivity index is 1.34. The maximum atomic E-state index is 12.6. The molecule has 4 rings (SSSR count). The van der Waals surface area contributed by atoms with Crippen molar-refractivity contribution in [2.75, 3.05) is 24.5 Å². The lowest BCUT2D eigenvalue weighted by Crippen LogP contribution is -2.47. The molecule has 0 spiro atoms. The van der Waals surface area contributed by atoms with Crippen LogP contribution < -0.4 is 10.2 Å². The zero-order chi connectivity index (χ0) is 15.8. The van der Waals surface area contributed by atoms with Crippen molar-refractivity contribution >= 4 is 23.4 Å². The Morgan fingerprint density at radius 2 is 2.17 bits per heavy atom. The number of rotatable bonds is 5. The van der Waals surface area contributed by atoms with Crippen LogP contribution in [-0.4, -0.2) is 47.6 Å². The van der Waals surface area contributed by atoms with Gasteiger partial charge in [-0.05, 0) is 50.2 Å². The third-order valence-electron chi connectivity index (χ3n) is 4.95. The van der Waals surface area contributed by atoms with Crippen LogP contribution in [0.5, 0.6) is 0 Å². The average molecular weight is 335 g/mol. The van der Waals surface area contributed by atoms with Gasteiger partial charge in [0.25, 0.3) is 0 Å². The summed E-state index contributed by atoms with van der Waals surface area (Å²) in [5.41, 5.74) is 0. The number of hydrogen-bond donors (Lipinski definition) is 1. The first-order chi connectivity index (χ1) is 11.2. The van der Waals surface area contributed by atoms with Gasteiger partial charge in [-0.1, -0.05) is 11.6 Å². The highest BCUT2D eigenvalue weighted by molar-refractivity contribution is 6.32. The number of nitrogens with zero attached hydrogens (tertiary/aromatic N) is 3. The van der Waals surface area contributed by atoms with Gasteiger partial charge >= 0.3 is 6.03 Å². The minimum absolute atomic E-state index is 0.123. The van der Waals surface area contributed by atoms with Gasteiger partial charge in [-0.2, -0.15) is 0 Å². The van der Waals surface area contributed by atoms with E-state index in [1.54, 1.807) is 6.20 Å². The zero-order valence-electron chi connectivity index (χ0n) is 13.2. The average Bonchev–Trinajstić information content (AvgIpc) is 3.45. The molecule has 0 aromatic carbocycles. The van der Waals surface area contributed by atoms with Crippen molar-refractivity contribution in [2.24, 2.45) is 5.92 Å². The minimum atomic E-state index is 0.123. The van der Waals surface area contributed by atoms with E-state index in [1.165, 1.54) is 25.7 Å². The number of anilines is 1. The molecule has 1 aromatic rings. The molecule has 23 heavy (non-hydrogen) atoms. The first-order valence-corrected chi connectivity index (χ1v) is 9.01. The van der Waals surface area contributed by atoms with Crippen molar-refractivity contribution in [2.45, 2.75) is 44.2 Å². The van der Waals surface area contributed by atoms with Crippen LogP contribution in [0.15, 0.2) is 18.3 Å². The number of carbonyl (C=O) groups excluding carboxylic acids is 1. The van der Waals surface area contributed by atoms with Gasteiger partial charge in [0.05, 0.1) is 5.02 Å². The maximum absolute atomic E-state index is 12.6. The molecular weight excluding hydrogens is 312 g/mol. The predicted octanol–water partition coefficient (Wildman–Crippen LogP) is 2.90. The van der Waals surface area contributed by atoms with Crippen molar-refractivity contribution in [3.63, 3.8) is 0 Å². The molecule has 1 aromatic heterocycles. The predicted molar refractivity (Wildman–Crippen MR) is 90.8 cm³/mol. The van der Waals surface area contributed by atoms with Gasteiger partial charge in [-0.25, -0.2) is 9.78 Å². The van der Waals surface area contributed by atoms with Crippen LogP contribution in [0.1, 0.15) is 32.1 Å². The van der Waals surface area contributed by atoms with E-state index >= 15 is 0 Å². The van der Waals surface area contributed by atoms with Gasteiger partial charge in [0.2, 0.25) is 0 Å². The summed E-state index contributed by atoms with van der Waals surface area (Å²) in [6.45, 7) is 2.61. The summed E-state index contributed by atoms with van der Waals surface area (Å²) in [4.78, 5) is 21.2. The van der Waals surface area contributed by atoms with Gasteiger partial charge in [0, 0.05) is 37.9 Å². The van der Waals surface area contributed by atoms with E-state index in [1.807, 2.05) is 12.1 Å². The molecule has 124 valence electrons. The van der Waals surface area contributed by atoms with Crippen LogP contribution in [0.2, 0.25) is 5.02 Å². The zero-order valence-corrected chi connectivity index (χ0v) is 14.0. The number of hydrogen-bond acceptors (Lipinski definition) is 3. The molecule has 1 aliphatic heterocycles. The fraction of sp³-hybridized carbons (Fsp3) is 0.647. The quantitative estimate of drug-likeness (QED) is 0.900. The lowest BCUT2D eigenvalue weighted by atomic mass is 10.2. The fourth-order valence-electron chi connectivity index (χ4n) is 3.30. The number of amides is 2. The molecular formula is C17H23ClN4O. The van der Waals surface area contributed by atoms with Crippen LogP contribution >= 0.6 is 11.6 Å². The summed E-state index contributed by atoms with van der Waals surface area (Å²) >= 11 is 6.22. The second-order valence-corrected chi connectivity index (χ2v) is 7.42. The normalized spacial score (nSPS) is 23.9. The number of carbonyl (C=O) groups is 1. The summed E-state index contributed by atoms with van der Waals surface area (Å²) in [6, 6.07) is 4.49. The van der Waals surface area contributed by atoms with E-state index in [0.29, 0.717) is 11.1 Å². The van der Waals surface area contributed by atoms with Crippen LogP contribution in [0, 0.1) is 5.92 Å². The number of halogens is 1. The van der Waals surface area contributed by atoms with Crippen LogP contribution in [0.4, 0.5) is 10.6 Å².